The first kappa shape index (κ1) is 16.2. The molecule has 1 unspecified atom stereocenters. The molecule has 1 atom stereocenters. The van der Waals surface area contributed by atoms with Crippen molar-refractivity contribution in [3.05, 3.63) is 0 Å². The average molecular weight is 285 g/mol. The smallest absolute Gasteiger partial charge is 0.242 e. The van der Waals surface area contributed by atoms with Crippen molar-refractivity contribution in [2.45, 2.75) is 57.1 Å². The molecule has 0 N–H and O–H groups in total. The molecule has 1 aliphatic heterocycles. The van der Waals surface area contributed by atoms with Crippen LogP contribution in [0.1, 0.15) is 51.9 Å². The van der Waals surface area contributed by atoms with Gasteiger partial charge in [0, 0.05) is 25.8 Å². The van der Waals surface area contributed by atoms with Crippen LogP contribution in [0.5, 0.6) is 0 Å². The number of ketones is 1. The Morgan fingerprint density at radius 3 is 2.58 bits per heavy atom. The van der Waals surface area contributed by atoms with Gasteiger partial charge in [0.1, 0.15) is 5.78 Å². The van der Waals surface area contributed by atoms with Crippen molar-refractivity contribution in [1.82, 2.24) is 4.90 Å². The Morgan fingerprint density at radius 2 is 2.00 bits per heavy atom. The highest BCUT2D eigenvalue weighted by molar-refractivity contribution is 8.00. The molecule has 19 heavy (non-hydrogen) atoms. The quantitative estimate of drug-likeness (QED) is 0.482. The fourth-order valence-corrected chi connectivity index (χ4v) is 2.88. The van der Waals surface area contributed by atoms with Gasteiger partial charge in [0.05, 0.1) is 5.25 Å². The van der Waals surface area contributed by atoms with Crippen LogP contribution < -0.4 is 0 Å². The molecule has 1 aliphatic rings. The molecule has 0 aliphatic carbocycles. The summed E-state index contributed by atoms with van der Waals surface area (Å²) in [7, 11) is 0. The van der Waals surface area contributed by atoms with Gasteiger partial charge in [-0.15, -0.1) is 0 Å². The number of Topliss-reactive ketones (excluding diaryl/α,β-unsaturated/α-hetero) is 1. The lowest BCUT2D eigenvalue weighted by Gasteiger charge is -2.14. The normalized spacial score (nSPS) is 19.3. The molecule has 1 saturated heterocycles. The van der Waals surface area contributed by atoms with Crippen LogP contribution in [0.3, 0.4) is 0 Å². The lowest BCUT2D eigenvalue weighted by molar-refractivity contribution is -0.138. The topological polar surface area (TPSA) is 54.5 Å². The second-order valence-corrected chi connectivity index (χ2v) is 5.95. The molecule has 0 radical (unpaired) electrons. The van der Waals surface area contributed by atoms with Gasteiger partial charge in [0.25, 0.3) is 0 Å². The first-order chi connectivity index (χ1) is 9.10. The molecule has 1 rings (SSSR count). The molecule has 0 aromatic heterocycles. The Morgan fingerprint density at radius 1 is 1.26 bits per heavy atom. The van der Waals surface area contributed by atoms with Crippen LogP contribution in [0, 0.1) is 0 Å². The number of imide groups is 1. The van der Waals surface area contributed by atoms with Crippen LogP contribution in [0.4, 0.5) is 0 Å². The fraction of sp³-hybridized carbons (Fsp3) is 0.786. The number of carbonyl (C=O) groups excluding carboxylic acids is 3. The molecule has 108 valence electrons. The zero-order valence-corrected chi connectivity index (χ0v) is 12.6. The fourth-order valence-electron chi connectivity index (χ4n) is 2.24. The van der Waals surface area contributed by atoms with Crippen molar-refractivity contribution >= 4 is 29.4 Å². The number of hydrogen-bond donors (Lipinski definition) is 0. The Bertz CT molecular complexity index is 344. The number of nitrogens with zero attached hydrogens (tertiary/aromatic N) is 1. The molecule has 0 spiro atoms. The van der Waals surface area contributed by atoms with Crippen LogP contribution in [-0.4, -0.2) is 40.5 Å². The SMILES string of the molecule is CCCC(=O)CCCCCN1C(=O)CC(SC)C1=O. The van der Waals surface area contributed by atoms with E-state index in [1.807, 2.05) is 13.2 Å². The number of amides is 2. The summed E-state index contributed by atoms with van der Waals surface area (Å²) in [5, 5.41) is -0.182. The predicted molar refractivity (Wildman–Crippen MR) is 77.0 cm³/mol. The van der Waals surface area contributed by atoms with Crippen molar-refractivity contribution in [2.24, 2.45) is 0 Å². The Kier molecular flexibility index (Phi) is 7.13. The van der Waals surface area contributed by atoms with Gasteiger partial charge in [-0.3, -0.25) is 19.3 Å². The van der Waals surface area contributed by atoms with Crippen molar-refractivity contribution in [2.75, 3.05) is 12.8 Å². The molecule has 0 bridgehead atoms. The first-order valence-corrected chi connectivity index (χ1v) is 8.27. The first-order valence-electron chi connectivity index (χ1n) is 6.98. The third-order valence-electron chi connectivity index (χ3n) is 3.35. The monoisotopic (exact) mass is 285 g/mol. The zero-order valence-electron chi connectivity index (χ0n) is 11.8. The maximum absolute atomic E-state index is 11.8. The van der Waals surface area contributed by atoms with E-state index in [1.54, 1.807) is 0 Å². The lowest BCUT2D eigenvalue weighted by atomic mass is 10.1. The zero-order chi connectivity index (χ0) is 14.3. The molecule has 1 fully saturated rings. The van der Waals surface area contributed by atoms with Gasteiger partial charge in [0.2, 0.25) is 11.8 Å². The Hall–Kier alpha value is -0.840. The van der Waals surface area contributed by atoms with Gasteiger partial charge in [-0.25, -0.2) is 0 Å². The molecule has 4 nitrogen and oxygen atoms in total. The van der Waals surface area contributed by atoms with Crippen molar-refractivity contribution < 1.29 is 14.4 Å². The van der Waals surface area contributed by atoms with E-state index < -0.39 is 0 Å². The van der Waals surface area contributed by atoms with Gasteiger partial charge in [-0.1, -0.05) is 13.3 Å². The lowest BCUT2D eigenvalue weighted by Crippen LogP contribution is -2.32. The summed E-state index contributed by atoms with van der Waals surface area (Å²) in [6, 6.07) is 0. The van der Waals surface area contributed by atoms with E-state index in [-0.39, 0.29) is 17.1 Å². The maximum atomic E-state index is 11.8. The van der Waals surface area contributed by atoms with Gasteiger partial charge in [-0.2, -0.15) is 11.8 Å². The van der Waals surface area contributed by atoms with Gasteiger partial charge in [-0.05, 0) is 25.5 Å². The summed E-state index contributed by atoms with van der Waals surface area (Å²) in [4.78, 5) is 36.2. The van der Waals surface area contributed by atoms with Crippen LogP contribution >= 0.6 is 11.8 Å². The minimum Gasteiger partial charge on any atom is -0.300 e. The number of carbonyl (C=O) groups is 3. The molecular weight excluding hydrogens is 262 g/mol. The van der Waals surface area contributed by atoms with E-state index in [1.165, 1.54) is 16.7 Å². The molecule has 0 aromatic rings. The minimum atomic E-state index is -0.182. The largest absolute Gasteiger partial charge is 0.300 e. The van der Waals surface area contributed by atoms with Crippen LogP contribution in [0.2, 0.25) is 0 Å². The standard InChI is InChI=1S/C14H23NO3S/c1-3-7-11(16)8-5-4-6-9-15-13(17)10-12(19-2)14(15)18/h12H,3-10H2,1-2H3. The second-order valence-electron chi connectivity index (χ2n) is 4.91. The average Bonchev–Trinajstić information content (AvgIpc) is 2.65. The van der Waals surface area contributed by atoms with E-state index in [0.717, 1.165) is 25.7 Å². The van der Waals surface area contributed by atoms with E-state index in [0.29, 0.717) is 31.6 Å². The Balaban J connectivity index is 2.18. The summed E-state index contributed by atoms with van der Waals surface area (Å²) < 4.78 is 0. The summed E-state index contributed by atoms with van der Waals surface area (Å²) in [5.74, 6) is 0.226. The minimum absolute atomic E-state index is 0.0421. The van der Waals surface area contributed by atoms with Crippen molar-refractivity contribution in [3.8, 4) is 0 Å². The summed E-state index contributed by atoms with van der Waals surface area (Å²) in [6.07, 6.45) is 6.97. The highest BCUT2D eigenvalue weighted by atomic mass is 32.2. The number of likely N-dealkylation sites (tertiary alicyclic amines) is 1. The van der Waals surface area contributed by atoms with E-state index >= 15 is 0 Å². The van der Waals surface area contributed by atoms with Crippen molar-refractivity contribution in [1.29, 1.82) is 0 Å². The van der Waals surface area contributed by atoms with Crippen LogP contribution in [0.15, 0.2) is 0 Å². The predicted octanol–water partition coefficient (Wildman–Crippen LogP) is 2.41. The maximum Gasteiger partial charge on any atom is 0.242 e. The summed E-state index contributed by atoms with van der Waals surface area (Å²) >= 11 is 1.44. The molecule has 1 heterocycles. The van der Waals surface area contributed by atoms with Crippen molar-refractivity contribution in [3.63, 3.8) is 0 Å². The van der Waals surface area contributed by atoms with E-state index in [4.69, 9.17) is 0 Å². The molecule has 0 aromatic carbocycles. The second kappa shape index (κ2) is 8.35. The number of thioether (sulfide) groups is 1. The van der Waals surface area contributed by atoms with Crippen LogP contribution in [0.25, 0.3) is 0 Å². The molecular formula is C14H23NO3S. The number of hydrogen-bond acceptors (Lipinski definition) is 4. The van der Waals surface area contributed by atoms with E-state index in [2.05, 4.69) is 0 Å². The number of unbranched alkanes of at least 4 members (excludes halogenated alkanes) is 2. The Labute approximate surface area is 119 Å². The highest BCUT2D eigenvalue weighted by Gasteiger charge is 2.37. The van der Waals surface area contributed by atoms with Gasteiger partial charge >= 0.3 is 0 Å². The summed E-state index contributed by atoms with van der Waals surface area (Å²) in [6.45, 7) is 2.52. The van der Waals surface area contributed by atoms with E-state index in [9.17, 15) is 14.4 Å². The highest BCUT2D eigenvalue weighted by Crippen LogP contribution is 2.23. The van der Waals surface area contributed by atoms with Crippen LogP contribution in [-0.2, 0) is 14.4 Å². The number of rotatable bonds is 9. The molecule has 5 heteroatoms. The molecule has 2 amide bonds. The van der Waals surface area contributed by atoms with Gasteiger partial charge in [0.15, 0.2) is 0 Å². The summed E-state index contributed by atoms with van der Waals surface area (Å²) in [5.41, 5.74) is 0. The third kappa shape index (κ3) is 4.97. The third-order valence-corrected chi connectivity index (χ3v) is 4.29. The van der Waals surface area contributed by atoms with Gasteiger partial charge < -0.3 is 0 Å². The molecule has 0 saturated carbocycles.